The molecule has 8 nitrogen and oxygen atoms in total. The second-order valence-corrected chi connectivity index (χ2v) is 5.86. The maximum Gasteiger partial charge on any atom is 0.279 e. The molecule has 3 N–H and O–H groups in total. The molecule has 2 heterocycles. The molecule has 0 unspecified atom stereocenters. The smallest absolute Gasteiger partial charge is 0.279 e. The summed E-state index contributed by atoms with van der Waals surface area (Å²) in [7, 11) is 0. The topological polar surface area (TPSA) is 116 Å². The number of benzene rings is 1. The number of aryl methyl sites for hydroxylation is 1. The van der Waals surface area contributed by atoms with Gasteiger partial charge in [0.15, 0.2) is 10.8 Å². The predicted octanol–water partition coefficient (Wildman–Crippen LogP) is 1.31. The van der Waals surface area contributed by atoms with E-state index in [1.54, 1.807) is 12.3 Å². The number of nitrogens with two attached hydrogens (primary N) is 1. The van der Waals surface area contributed by atoms with Gasteiger partial charge in [-0.15, -0.1) is 16.4 Å². The van der Waals surface area contributed by atoms with Gasteiger partial charge in [-0.25, -0.2) is 4.98 Å². The zero-order chi connectivity index (χ0) is 17.1. The summed E-state index contributed by atoms with van der Waals surface area (Å²) in [6.45, 7) is 1.71. The number of para-hydroxylation sites is 1. The van der Waals surface area contributed by atoms with Crippen molar-refractivity contribution in [2.75, 3.05) is 5.32 Å². The number of hydrogen-bond acceptors (Lipinski definition) is 6. The summed E-state index contributed by atoms with van der Waals surface area (Å²) in [6, 6.07) is 9.31. The summed E-state index contributed by atoms with van der Waals surface area (Å²) >= 11 is 1.22. The van der Waals surface area contributed by atoms with E-state index < -0.39 is 11.8 Å². The maximum atomic E-state index is 12.4. The van der Waals surface area contributed by atoms with Crippen LogP contribution in [0.4, 0.5) is 5.13 Å². The molecule has 0 aliphatic heterocycles. The summed E-state index contributed by atoms with van der Waals surface area (Å²) in [5, 5.41) is 13.2. The fourth-order valence-corrected chi connectivity index (χ4v) is 2.75. The van der Waals surface area contributed by atoms with Crippen molar-refractivity contribution in [3.05, 3.63) is 52.8 Å². The van der Waals surface area contributed by atoms with Crippen LogP contribution < -0.4 is 11.1 Å². The third-order valence-corrected chi connectivity index (χ3v) is 3.92. The van der Waals surface area contributed by atoms with Crippen LogP contribution in [0.5, 0.6) is 0 Å². The Bertz CT molecular complexity index is 887. The summed E-state index contributed by atoms with van der Waals surface area (Å²) in [6.07, 6.45) is 0.0373. The number of anilines is 1. The molecule has 9 heteroatoms. The lowest BCUT2D eigenvalue weighted by atomic mass is 10.3. The van der Waals surface area contributed by atoms with E-state index in [-0.39, 0.29) is 12.1 Å². The molecule has 24 heavy (non-hydrogen) atoms. The number of nitrogens with one attached hydrogen (secondary N) is 1. The van der Waals surface area contributed by atoms with Gasteiger partial charge in [-0.05, 0) is 19.1 Å². The van der Waals surface area contributed by atoms with Crippen LogP contribution in [0.3, 0.4) is 0 Å². The molecule has 2 amide bonds. The number of carbonyl (C=O) groups is 2. The highest BCUT2D eigenvalue weighted by atomic mass is 32.1. The van der Waals surface area contributed by atoms with E-state index in [1.807, 2.05) is 30.3 Å². The lowest BCUT2D eigenvalue weighted by molar-refractivity contribution is -0.117. The van der Waals surface area contributed by atoms with Gasteiger partial charge in [0.05, 0.1) is 23.5 Å². The SMILES string of the molecule is Cc1nn(-c2ccccc2)nc1C(=O)Nc1nc(CC(N)=O)cs1. The molecule has 1 aromatic carbocycles. The first-order valence-corrected chi connectivity index (χ1v) is 7.94. The van der Waals surface area contributed by atoms with Crippen molar-refractivity contribution < 1.29 is 9.59 Å². The molecule has 3 aromatic rings. The van der Waals surface area contributed by atoms with Crippen LogP contribution in [0.15, 0.2) is 35.7 Å². The molecule has 0 bridgehead atoms. The average Bonchev–Trinajstić information content (AvgIpc) is 3.14. The van der Waals surface area contributed by atoms with Gasteiger partial charge in [0.2, 0.25) is 5.91 Å². The van der Waals surface area contributed by atoms with Gasteiger partial charge in [0.25, 0.3) is 5.91 Å². The molecule has 0 saturated carbocycles. The van der Waals surface area contributed by atoms with E-state index in [9.17, 15) is 9.59 Å². The number of thiazole rings is 1. The lowest BCUT2D eigenvalue weighted by Gasteiger charge is -1.99. The largest absolute Gasteiger partial charge is 0.369 e. The van der Waals surface area contributed by atoms with Crippen LogP contribution in [0.2, 0.25) is 0 Å². The molecule has 0 aliphatic rings. The second kappa shape index (κ2) is 6.59. The third-order valence-electron chi connectivity index (χ3n) is 3.11. The molecular formula is C15H14N6O2S. The minimum absolute atomic E-state index is 0.0373. The van der Waals surface area contributed by atoms with E-state index in [0.717, 1.165) is 5.69 Å². The zero-order valence-electron chi connectivity index (χ0n) is 12.8. The number of hydrogen-bond donors (Lipinski definition) is 2. The Hall–Kier alpha value is -3.07. The number of rotatable bonds is 5. The average molecular weight is 342 g/mol. The summed E-state index contributed by atoms with van der Waals surface area (Å²) in [5.41, 5.74) is 7.12. The van der Waals surface area contributed by atoms with Crippen molar-refractivity contribution in [3.63, 3.8) is 0 Å². The highest BCUT2D eigenvalue weighted by Gasteiger charge is 2.18. The first-order chi connectivity index (χ1) is 11.5. The molecule has 0 fully saturated rings. The molecule has 0 radical (unpaired) electrons. The highest BCUT2D eigenvalue weighted by molar-refractivity contribution is 7.14. The Balaban J connectivity index is 1.77. The maximum absolute atomic E-state index is 12.4. The third kappa shape index (κ3) is 3.46. The van der Waals surface area contributed by atoms with Crippen LogP contribution in [0.1, 0.15) is 21.9 Å². The van der Waals surface area contributed by atoms with Crippen molar-refractivity contribution in [1.29, 1.82) is 0 Å². The minimum atomic E-state index is -0.472. The molecule has 0 spiro atoms. The van der Waals surface area contributed by atoms with E-state index in [0.29, 0.717) is 16.5 Å². The van der Waals surface area contributed by atoms with E-state index in [1.165, 1.54) is 16.1 Å². The van der Waals surface area contributed by atoms with Crippen molar-refractivity contribution >= 4 is 28.3 Å². The van der Waals surface area contributed by atoms with Crippen LogP contribution in [-0.4, -0.2) is 31.8 Å². The standard InChI is InChI=1S/C15H14N6O2S/c1-9-13(20-21(19-9)11-5-3-2-4-6-11)14(23)18-15-17-10(8-24-15)7-12(16)22/h2-6,8H,7H2,1H3,(H2,16,22)(H,17,18,23). The van der Waals surface area contributed by atoms with E-state index in [2.05, 4.69) is 20.5 Å². The van der Waals surface area contributed by atoms with Crippen LogP contribution in [0.25, 0.3) is 5.69 Å². The Morgan fingerprint density at radius 1 is 1.25 bits per heavy atom. The second-order valence-electron chi connectivity index (χ2n) is 5.00. The van der Waals surface area contributed by atoms with Gasteiger partial charge < -0.3 is 5.73 Å². The molecule has 0 aliphatic carbocycles. The molecule has 0 saturated heterocycles. The first-order valence-electron chi connectivity index (χ1n) is 7.06. The van der Waals surface area contributed by atoms with E-state index in [4.69, 9.17) is 5.73 Å². The fraction of sp³-hybridized carbons (Fsp3) is 0.133. The van der Waals surface area contributed by atoms with E-state index >= 15 is 0 Å². The first kappa shape index (κ1) is 15.8. The lowest BCUT2D eigenvalue weighted by Crippen LogP contribution is -2.15. The van der Waals surface area contributed by atoms with Crippen molar-refractivity contribution in [2.45, 2.75) is 13.3 Å². The highest BCUT2D eigenvalue weighted by Crippen LogP contribution is 2.17. The Labute approximate surface area is 141 Å². The fourth-order valence-electron chi connectivity index (χ4n) is 2.05. The predicted molar refractivity (Wildman–Crippen MR) is 89.1 cm³/mol. The Morgan fingerprint density at radius 3 is 2.71 bits per heavy atom. The summed E-state index contributed by atoms with van der Waals surface area (Å²) in [4.78, 5) is 28.8. The van der Waals surface area contributed by atoms with Crippen LogP contribution in [-0.2, 0) is 11.2 Å². The number of primary amides is 1. The summed E-state index contributed by atoms with van der Waals surface area (Å²) in [5.74, 6) is -0.880. The van der Waals surface area contributed by atoms with Crippen molar-refractivity contribution in [3.8, 4) is 5.69 Å². The van der Waals surface area contributed by atoms with Crippen molar-refractivity contribution in [1.82, 2.24) is 20.0 Å². The van der Waals surface area contributed by atoms with Gasteiger partial charge in [0.1, 0.15) is 0 Å². The number of nitrogens with zero attached hydrogens (tertiary/aromatic N) is 4. The number of amides is 2. The monoisotopic (exact) mass is 342 g/mol. The molecule has 0 atom stereocenters. The van der Waals surface area contributed by atoms with Gasteiger partial charge in [-0.3, -0.25) is 14.9 Å². The quantitative estimate of drug-likeness (QED) is 0.725. The Kier molecular flexibility index (Phi) is 4.34. The van der Waals surface area contributed by atoms with Gasteiger partial charge in [-0.2, -0.15) is 9.90 Å². The van der Waals surface area contributed by atoms with Crippen molar-refractivity contribution in [2.24, 2.45) is 5.73 Å². The van der Waals surface area contributed by atoms with Gasteiger partial charge >= 0.3 is 0 Å². The molecule has 3 rings (SSSR count). The van der Waals surface area contributed by atoms with Gasteiger partial charge in [0, 0.05) is 5.38 Å². The molecule has 122 valence electrons. The number of carbonyl (C=O) groups excluding carboxylic acids is 2. The molecule has 2 aromatic heterocycles. The normalized spacial score (nSPS) is 10.5. The van der Waals surface area contributed by atoms with Crippen LogP contribution >= 0.6 is 11.3 Å². The summed E-state index contributed by atoms with van der Waals surface area (Å²) < 4.78 is 0. The molecular weight excluding hydrogens is 328 g/mol. The number of aromatic nitrogens is 4. The van der Waals surface area contributed by atoms with Crippen LogP contribution in [0, 0.1) is 6.92 Å². The Morgan fingerprint density at radius 2 is 2.00 bits per heavy atom. The zero-order valence-corrected chi connectivity index (χ0v) is 13.6. The van der Waals surface area contributed by atoms with Gasteiger partial charge in [-0.1, -0.05) is 18.2 Å². The minimum Gasteiger partial charge on any atom is -0.369 e.